The summed E-state index contributed by atoms with van der Waals surface area (Å²) >= 11 is 0. The molecule has 0 saturated heterocycles. The van der Waals surface area contributed by atoms with Crippen LogP contribution < -0.4 is 0 Å². The molecule has 3 heteroatoms. The van der Waals surface area contributed by atoms with E-state index in [0.717, 1.165) is 5.56 Å². The van der Waals surface area contributed by atoms with E-state index in [9.17, 15) is 4.79 Å². The van der Waals surface area contributed by atoms with E-state index in [1.165, 1.54) is 0 Å². The second-order valence-corrected chi connectivity index (χ2v) is 2.31. The summed E-state index contributed by atoms with van der Waals surface area (Å²) in [5.74, 6) is -0.291. The first kappa shape index (κ1) is 7.85. The second-order valence-electron chi connectivity index (χ2n) is 2.31. The minimum atomic E-state index is -0.291. The maximum Gasteiger partial charge on any atom is 0.354 e. The molecular formula is C8H13NO2. The second kappa shape index (κ2) is 3.23. The van der Waals surface area contributed by atoms with Crippen molar-refractivity contribution in [3.63, 3.8) is 0 Å². The third kappa shape index (κ3) is 1.83. The number of rotatable bonds is 2. The quantitative estimate of drug-likeness (QED) is 0.661. The molecule has 0 aliphatic heterocycles. The first-order valence-corrected chi connectivity index (χ1v) is 3.56. The Hall–Kier alpha value is -1.25. The summed E-state index contributed by atoms with van der Waals surface area (Å²) in [6.07, 6.45) is 1.77. The van der Waals surface area contributed by atoms with Crippen LogP contribution in [0.5, 0.6) is 0 Å². The highest BCUT2D eigenvalue weighted by atomic mass is 16.5. The monoisotopic (exact) mass is 155 g/mol. The minimum Gasteiger partial charge on any atom is -0.461 e. The van der Waals surface area contributed by atoms with Crippen LogP contribution in [0.3, 0.4) is 0 Å². The fraction of sp³-hybridized carbons (Fsp3) is 0.375. The number of H-pyrrole nitrogens is 1. The molecule has 0 amide bonds. The summed E-state index contributed by atoms with van der Waals surface area (Å²) in [5.41, 5.74) is 1.55. The van der Waals surface area contributed by atoms with Crippen molar-refractivity contribution in [2.45, 2.75) is 13.8 Å². The molecule has 0 aliphatic rings. The standard InChI is InChI=1S/C8H11NO2.H2/c1-3-11-8(10)7-4-6(2)5-9-7;/h4-5,9H,3H2,1-2H3;1H. The van der Waals surface area contributed by atoms with Gasteiger partial charge in [0.05, 0.1) is 6.61 Å². The number of aryl methyl sites for hydroxylation is 1. The number of aromatic nitrogens is 1. The van der Waals surface area contributed by atoms with Gasteiger partial charge >= 0.3 is 5.97 Å². The highest BCUT2D eigenvalue weighted by molar-refractivity contribution is 5.87. The summed E-state index contributed by atoms with van der Waals surface area (Å²) in [6.45, 7) is 4.11. The third-order valence-electron chi connectivity index (χ3n) is 1.32. The van der Waals surface area contributed by atoms with Crippen LogP contribution in [0.25, 0.3) is 0 Å². The van der Waals surface area contributed by atoms with E-state index in [1.807, 2.05) is 6.92 Å². The van der Waals surface area contributed by atoms with Gasteiger partial charge in [0.25, 0.3) is 0 Å². The molecule has 0 unspecified atom stereocenters. The van der Waals surface area contributed by atoms with Crippen LogP contribution in [0.2, 0.25) is 0 Å². The minimum absolute atomic E-state index is 0. The Morgan fingerprint density at radius 3 is 3.00 bits per heavy atom. The zero-order valence-electron chi connectivity index (χ0n) is 6.68. The summed E-state index contributed by atoms with van der Waals surface area (Å²) < 4.78 is 4.77. The van der Waals surface area contributed by atoms with E-state index in [2.05, 4.69) is 4.98 Å². The van der Waals surface area contributed by atoms with Crippen LogP contribution in [-0.2, 0) is 4.74 Å². The van der Waals surface area contributed by atoms with Crippen LogP contribution in [-0.4, -0.2) is 17.6 Å². The molecule has 1 N–H and O–H groups in total. The number of esters is 1. The van der Waals surface area contributed by atoms with Crippen molar-refractivity contribution in [2.75, 3.05) is 6.61 Å². The van der Waals surface area contributed by atoms with Crippen molar-refractivity contribution in [1.82, 2.24) is 4.98 Å². The number of carbonyl (C=O) groups is 1. The van der Waals surface area contributed by atoms with Gasteiger partial charge in [0, 0.05) is 7.62 Å². The van der Waals surface area contributed by atoms with Gasteiger partial charge in [-0.2, -0.15) is 0 Å². The predicted octanol–water partition coefficient (Wildman–Crippen LogP) is 1.75. The lowest BCUT2D eigenvalue weighted by molar-refractivity contribution is 0.0520. The Morgan fingerprint density at radius 2 is 2.55 bits per heavy atom. The maximum atomic E-state index is 11.0. The van der Waals surface area contributed by atoms with Gasteiger partial charge in [-0.3, -0.25) is 0 Å². The van der Waals surface area contributed by atoms with E-state index in [1.54, 1.807) is 19.2 Å². The molecule has 0 bridgehead atoms. The maximum absolute atomic E-state index is 11.0. The van der Waals surface area contributed by atoms with Crippen molar-refractivity contribution >= 4 is 5.97 Å². The Bertz CT molecular complexity index is 257. The number of aromatic amines is 1. The van der Waals surface area contributed by atoms with Gasteiger partial charge in [-0.15, -0.1) is 0 Å². The normalized spacial score (nSPS) is 9.64. The van der Waals surface area contributed by atoms with Crippen LogP contribution >= 0.6 is 0 Å². The molecule has 1 rings (SSSR count). The average Bonchev–Trinajstić information content (AvgIpc) is 2.36. The van der Waals surface area contributed by atoms with Crippen molar-refractivity contribution in [3.05, 3.63) is 23.5 Å². The van der Waals surface area contributed by atoms with Crippen LogP contribution in [0.15, 0.2) is 12.3 Å². The van der Waals surface area contributed by atoms with Gasteiger partial charge < -0.3 is 9.72 Å². The molecule has 0 saturated carbocycles. The van der Waals surface area contributed by atoms with Gasteiger partial charge in [0.1, 0.15) is 5.69 Å². The average molecular weight is 155 g/mol. The van der Waals surface area contributed by atoms with Crippen molar-refractivity contribution in [2.24, 2.45) is 0 Å². The predicted molar refractivity (Wildman–Crippen MR) is 43.6 cm³/mol. The smallest absolute Gasteiger partial charge is 0.354 e. The molecule has 0 spiro atoms. The first-order chi connectivity index (χ1) is 5.24. The van der Waals surface area contributed by atoms with E-state index >= 15 is 0 Å². The Kier molecular flexibility index (Phi) is 2.31. The number of nitrogens with one attached hydrogen (secondary N) is 1. The fourth-order valence-corrected chi connectivity index (χ4v) is 0.829. The lowest BCUT2D eigenvalue weighted by Gasteiger charge is -1.96. The molecule has 11 heavy (non-hydrogen) atoms. The van der Waals surface area contributed by atoms with Gasteiger partial charge in [0.2, 0.25) is 0 Å². The molecule has 0 atom stereocenters. The summed E-state index contributed by atoms with van der Waals surface area (Å²) in [6, 6.07) is 1.76. The Balaban J connectivity index is 0.00000121. The Labute approximate surface area is 66.9 Å². The molecule has 1 aromatic rings. The largest absolute Gasteiger partial charge is 0.461 e. The first-order valence-electron chi connectivity index (χ1n) is 3.56. The lowest BCUT2D eigenvalue weighted by atomic mass is 10.3. The molecule has 0 radical (unpaired) electrons. The highest BCUT2D eigenvalue weighted by Gasteiger charge is 2.06. The topological polar surface area (TPSA) is 42.1 Å². The molecule has 3 nitrogen and oxygen atoms in total. The molecule has 0 aromatic carbocycles. The molecule has 0 fully saturated rings. The van der Waals surface area contributed by atoms with Crippen LogP contribution in [0.1, 0.15) is 24.4 Å². The number of hydrogen-bond donors (Lipinski definition) is 1. The van der Waals surface area contributed by atoms with Gasteiger partial charge in [-0.25, -0.2) is 4.79 Å². The van der Waals surface area contributed by atoms with Gasteiger partial charge in [-0.05, 0) is 25.5 Å². The summed E-state index contributed by atoms with van der Waals surface area (Å²) in [4.78, 5) is 13.8. The van der Waals surface area contributed by atoms with E-state index in [4.69, 9.17) is 4.74 Å². The highest BCUT2D eigenvalue weighted by Crippen LogP contribution is 2.02. The third-order valence-corrected chi connectivity index (χ3v) is 1.32. The number of carbonyl (C=O) groups excluding carboxylic acids is 1. The molecular weight excluding hydrogens is 142 g/mol. The summed E-state index contributed by atoms with van der Waals surface area (Å²) in [5, 5.41) is 0. The van der Waals surface area contributed by atoms with Crippen molar-refractivity contribution in [3.8, 4) is 0 Å². The number of ether oxygens (including phenoxy) is 1. The number of hydrogen-bond acceptors (Lipinski definition) is 2. The zero-order chi connectivity index (χ0) is 8.27. The van der Waals surface area contributed by atoms with Gasteiger partial charge in [0.15, 0.2) is 0 Å². The molecule has 62 valence electrons. The van der Waals surface area contributed by atoms with Crippen LogP contribution in [0.4, 0.5) is 0 Å². The van der Waals surface area contributed by atoms with E-state index in [0.29, 0.717) is 12.3 Å². The van der Waals surface area contributed by atoms with Crippen molar-refractivity contribution < 1.29 is 11.0 Å². The van der Waals surface area contributed by atoms with Gasteiger partial charge in [-0.1, -0.05) is 0 Å². The summed E-state index contributed by atoms with van der Waals surface area (Å²) in [7, 11) is 0. The van der Waals surface area contributed by atoms with E-state index < -0.39 is 0 Å². The van der Waals surface area contributed by atoms with Crippen molar-refractivity contribution in [1.29, 1.82) is 0 Å². The van der Waals surface area contributed by atoms with E-state index in [-0.39, 0.29) is 7.40 Å². The molecule has 0 aliphatic carbocycles. The molecule has 1 aromatic heterocycles. The molecule has 1 heterocycles. The lowest BCUT2D eigenvalue weighted by Crippen LogP contribution is -2.04. The fourth-order valence-electron chi connectivity index (χ4n) is 0.829. The van der Waals surface area contributed by atoms with Crippen LogP contribution in [0, 0.1) is 6.92 Å². The SMILES string of the molecule is CCOC(=O)c1cc(C)c[nH]1.[HH]. The zero-order valence-corrected chi connectivity index (χ0v) is 6.68. The Morgan fingerprint density at radius 1 is 1.82 bits per heavy atom.